The molecular weight excluding hydrogens is 284 g/mol. The van der Waals surface area contributed by atoms with Crippen LogP contribution in [0.5, 0.6) is 0 Å². The average molecular weight is 312 g/mol. The maximum absolute atomic E-state index is 12.9. The molecule has 120 valence electrons. The Kier molecular flexibility index (Phi) is 6.84. The predicted molar refractivity (Wildman–Crippen MR) is 88.0 cm³/mol. The second kappa shape index (κ2) is 7.92. The van der Waals surface area contributed by atoms with Crippen molar-refractivity contribution < 1.29 is 8.42 Å². The summed E-state index contributed by atoms with van der Waals surface area (Å²) in [5, 5.41) is 3.25. The summed E-state index contributed by atoms with van der Waals surface area (Å²) in [5.41, 5.74) is 2.90. The van der Waals surface area contributed by atoms with E-state index in [4.69, 9.17) is 0 Å². The summed E-state index contributed by atoms with van der Waals surface area (Å²) >= 11 is 0. The van der Waals surface area contributed by atoms with Gasteiger partial charge in [0.05, 0.1) is 4.90 Å². The van der Waals surface area contributed by atoms with Crippen LogP contribution in [0.15, 0.2) is 17.0 Å². The monoisotopic (exact) mass is 312 g/mol. The highest BCUT2D eigenvalue weighted by molar-refractivity contribution is 7.89. The molecule has 0 atom stereocenters. The molecule has 0 fully saturated rings. The van der Waals surface area contributed by atoms with Crippen molar-refractivity contribution >= 4 is 10.0 Å². The van der Waals surface area contributed by atoms with Gasteiger partial charge in [0.15, 0.2) is 0 Å². The smallest absolute Gasteiger partial charge is 0.243 e. The van der Waals surface area contributed by atoms with Crippen LogP contribution >= 0.6 is 0 Å². The van der Waals surface area contributed by atoms with E-state index < -0.39 is 10.0 Å². The molecule has 0 radical (unpaired) electrons. The third-order valence-corrected chi connectivity index (χ3v) is 5.80. The van der Waals surface area contributed by atoms with Crippen molar-refractivity contribution in [2.24, 2.45) is 0 Å². The molecule has 0 bridgehead atoms. The first-order valence-electron chi connectivity index (χ1n) is 7.69. The normalized spacial score (nSPS) is 12.1. The summed E-state index contributed by atoms with van der Waals surface area (Å²) in [7, 11) is -3.41. The lowest BCUT2D eigenvalue weighted by atomic mass is 10.1. The quantitative estimate of drug-likeness (QED) is 0.803. The number of nitrogens with zero attached hydrogens (tertiary/aromatic N) is 1. The molecule has 1 rings (SSSR count). The fourth-order valence-corrected chi connectivity index (χ4v) is 4.26. The lowest BCUT2D eigenvalue weighted by Gasteiger charge is -2.22. The Hall–Kier alpha value is -0.910. The molecule has 21 heavy (non-hydrogen) atoms. The van der Waals surface area contributed by atoms with E-state index in [1.54, 1.807) is 4.31 Å². The number of hydrogen-bond acceptors (Lipinski definition) is 3. The number of rotatable bonds is 8. The molecular formula is C16H28N2O2S. The first kappa shape index (κ1) is 18.1. The third-order valence-electron chi connectivity index (χ3n) is 3.70. The van der Waals surface area contributed by atoms with Crippen molar-refractivity contribution in [1.29, 1.82) is 0 Å². The Balaban J connectivity index is 3.29. The number of sulfonamides is 1. The summed E-state index contributed by atoms with van der Waals surface area (Å²) in [6.45, 7) is 12.4. The predicted octanol–water partition coefficient (Wildman–Crippen LogP) is 2.83. The molecule has 1 N–H and O–H groups in total. The zero-order valence-electron chi connectivity index (χ0n) is 13.9. The average Bonchev–Trinajstić information content (AvgIpc) is 2.45. The van der Waals surface area contributed by atoms with Crippen LogP contribution in [0, 0.1) is 13.8 Å². The van der Waals surface area contributed by atoms with Gasteiger partial charge in [-0.3, -0.25) is 0 Å². The fraction of sp³-hybridized carbons (Fsp3) is 0.625. The van der Waals surface area contributed by atoms with Gasteiger partial charge < -0.3 is 5.32 Å². The van der Waals surface area contributed by atoms with Crippen molar-refractivity contribution in [3.8, 4) is 0 Å². The molecule has 0 amide bonds. The summed E-state index contributed by atoms with van der Waals surface area (Å²) in [4.78, 5) is 0.450. The van der Waals surface area contributed by atoms with Gasteiger partial charge in [0.1, 0.15) is 0 Å². The maximum Gasteiger partial charge on any atom is 0.243 e. The Labute approximate surface area is 129 Å². The second-order valence-corrected chi connectivity index (χ2v) is 7.22. The van der Waals surface area contributed by atoms with E-state index in [0.29, 0.717) is 24.5 Å². The molecule has 0 saturated carbocycles. The van der Waals surface area contributed by atoms with Gasteiger partial charge in [-0.1, -0.05) is 26.8 Å². The van der Waals surface area contributed by atoms with Crippen molar-refractivity contribution in [2.45, 2.75) is 52.5 Å². The number of aryl methyl sites for hydroxylation is 1. The molecule has 5 heteroatoms. The maximum atomic E-state index is 12.9. The Morgan fingerprint density at radius 2 is 1.81 bits per heavy atom. The lowest BCUT2D eigenvalue weighted by Crippen LogP contribution is -2.32. The minimum absolute atomic E-state index is 0.450. The van der Waals surface area contributed by atoms with Crippen molar-refractivity contribution in [1.82, 2.24) is 9.62 Å². The van der Waals surface area contributed by atoms with E-state index in [0.717, 1.165) is 29.7 Å². The lowest BCUT2D eigenvalue weighted by molar-refractivity contribution is 0.426. The zero-order valence-corrected chi connectivity index (χ0v) is 14.7. The molecule has 0 unspecified atom stereocenters. The van der Waals surface area contributed by atoms with Crippen molar-refractivity contribution in [3.05, 3.63) is 28.8 Å². The highest BCUT2D eigenvalue weighted by Crippen LogP contribution is 2.24. The second-order valence-electron chi connectivity index (χ2n) is 5.31. The zero-order chi connectivity index (χ0) is 16.0. The van der Waals surface area contributed by atoms with Crippen LogP contribution in [0.3, 0.4) is 0 Å². The van der Waals surface area contributed by atoms with E-state index in [1.165, 1.54) is 0 Å². The third kappa shape index (κ3) is 4.28. The van der Waals surface area contributed by atoms with Crippen LogP contribution in [-0.2, 0) is 16.6 Å². The standard InChI is InChI=1S/C16H28N2O2S/c1-6-9-18(8-3)21(19,20)16-11-15(12-17-7-2)10-13(4)14(16)5/h10-11,17H,6-9,12H2,1-5H3. The van der Waals surface area contributed by atoms with Crippen LogP contribution in [0.1, 0.15) is 43.9 Å². The molecule has 0 spiro atoms. The van der Waals surface area contributed by atoms with Gasteiger partial charge in [0.25, 0.3) is 0 Å². The molecule has 1 aromatic carbocycles. The van der Waals surface area contributed by atoms with Crippen molar-refractivity contribution in [2.75, 3.05) is 19.6 Å². The SMILES string of the molecule is CCCN(CC)S(=O)(=O)c1cc(CNCC)cc(C)c1C. The van der Waals surface area contributed by atoms with E-state index in [2.05, 4.69) is 11.4 Å². The van der Waals surface area contributed by atoms with Crippen LogP contribution in [0.25, 0.3) is 0 Å². The molecule has 0 aromatic heterocycles. The van der Waals surface area contributed by atoms with Gasteiger partial charge in [-0.05, 0) is 49.6 Å². The first-order valence-corrected chi connectivity index (χ1v) is 9.13. The summed E-state index contributed by atoms with van der Waals surface area (Å²) in [5.74, 6) is 0. The number of nitrogens with one attached hydrogen (secondary N) is 1. The molecule has 0 aliphatic rings. The highest BCUT2D eigenvalue weighted by atomic mass is 32.2. The van der Waals surface area contributed by atoms with Crippen LogP contribution in [0.4, 0.5) is 0 Å². The van der Waals surface area contributed by atoms with Gasteiger partial charge in [-0.15, -0.1) is 0 Å². The van der Waals surface area contributed by atoms with E-state index >= 15 is 0 Å². The van der Waals surface area contributed by atoms with E-state index in [9.17, 15) is 8.42 Å². The van der Waals surface area contributed by atoms with Gasteiger partial charge in [0.2, 0.25) is 10.0 Å². The summed E-state index contributed by atoms with van der Waals surface area (Å²) in [6, 6.07) is 3.88. The topological polar surface area (TPSA) is 49.4 Å². The van der Waals surface area contributed by atoms with Gasteiger partial charge in [-0.2, -0.15) is 4.31 Å². The minimum Gasteiger partial charge on any atom is -0.313 e. The fourth-order valence-electron chi connectivity index (χ4n) is 2.38. The van der Waals surface area contributed by atoms with E-state index in [1.807, 2.05) is 40.7 Å². The summed E-state index contributed by atoms with van der Waals surface area (Å²) in [6.07, 6.45) is 0.822. The number of hydrogen-bond donors (Lipinski definition) is 1. The minimum atomic E-state index is -3.41. The molecule has 0 aliphatic heterocycles. The molecule has 0 heterocycles. The molecule has 0 saturated heterocycles. The van der Waals surface area contributed by atoms with Crippen LogP contribution < -0.4 is 5.32 Å². The van der Waals surface area contributed by atoms with E-state index in [-0.39, 0.29) is 0 Å². The summed E-state index contributed by atoms with van der Waals surface area (Å²) < 4.78 is 27.3. The van der Waals surface area contributed by atoms with Crippen LogP contribution in [-0.4, -0.2) is 32.4 Å². The molecule has 1 aromatic rings. The molecule has 0 aliphatic carbocycles. The Morgan fingerprint density at radius 1 is 1.14 bits per heavy atom. The Morgan fingerprint density at radius 3 is 2.33 bits per heavy atom. The van der Waals surface area contributed by atoms with Crippen molar-refractivity contribution in [3.63, 3.8) is 0 Å². The Bertz CT molecular complexity index is 568. The molecule has 4 nitrogen and oxygen atoms in total. The highest BCUT2D eigenvalue weighted by Gasteiger charge is 2.25. The van der Waals surface area contributed by atoms with Gasteiger partial charge >= 0.3 is 0 Å². The van der Waals surface area contributed by atoms with Gasteiger partial charge in [-0.25, -0.2) is 8.42 Å². The number of benzene rings is 1. The largest absolute Gasteiger partial charge is 0.313 e. The first-order chi connectivity index (χ1) is 9.88. The van der Waals surface area contributed by atoms with Crippen LogP contribution in [0.2, 0.25) is 0 Å². The van der Waals surface area contributed by atoms with Gasteiger partial charge in [0, 0.05) is 19.6 Å².